The maximum absolute atomic E-state index is 12.2. The normalized spacial score (nSPS) is 10.4. The van der Waals surface area contributed by atoms with Gasteiger partial charge in [0.1, 0.15) is 0 Å². The molecule has 0 spiro atoms. The molecule has 0 saturated heterocycles. The maximum Gasteiger partial charge on any atom is 0.306 e. The molecule has 0 aliphatic carbocycles. The zero-order chi connectivity index (χ0) is 21.4. The Morgan fingerprint density at radius 2 is 1.69 bits per heavy atom. The van der Waals surface area contributed by atoms with E-state index in [2.05, 4.69) is 5.32 Å². The molecule has 0 aliphatic rings. The standard InChI is InChI=1S/C22H25NO5S/c1-14-12-19(15(2)29-14)20(25)8-9-22(27)28-13-21(26)18-6-4-17(5-7-18)10-11-23-16(3)24/h4-7,12H,8-11,13H2,1-3H3,(H,23,24). The highest BCUT2D eigenvalue weighted by molar-refractivity contribution is 7.12. The molecule has 0 fully saturated rings. The molecule has 1 heterocycles. The molecule has 154 valence electrons. The number of aryl methyl sites for hydroxylation is 2. The molecule has 0 saturated carbocycles. The number of hydrogen-bond acceptors (Lipinski definition) is 6. The number of esters is 1. The monoisotopic (exact) mass is 415 g/mol. The zero-order valence-electron chi connectivity index (χ0n) is 16.9. The average Bonchev–Trinajstić information content (AvgIpc) is 3.02. The molecule has 0 radical (unpaired) electrons. The van der Waals surface area contributed by atoms with E-state index in [1.807, 2.05) is 19.9 Å². The lowest BCUT2D eigenvalue weighted by molar-refractivity contribution is -0.142. The quantitative estimate of drug-likeness (QED) is 0.474. The topological polar surface area (TPSA) is 89.5 Å². The molecule has 1 aromatic heterocycles. The van der Waals surface area contributed by atoms with Crippen molar-refractivity contribution in [2.45, 2.75) is 40.0 Å². The number of hydrogen-bond donors (Lipinski definition) is 1. The summed E-state index contributed by atoms with van der Waals surface area (Å²) in [6.45, 7) is 5.46. The van der Waals surface area contributed by atoms with E-state index in [9.17, 15) is 19.2 Å². The molecule has 2 aromatic rings. The van der Waals surface area contributed by atoms with Gasteiger partial charge in [0.2, 0.25) is 5.91 Å². The highest BCUT2D eigenvalue weighted by atomic mass is 32.1. The van der Waals surface area contributed by atoms with Gasteiger partial charge in [-0.1, -0.05) is 24.3 Å². The highest BCUT2D eigenvalue weighted by Gasteiger charge is 2.15. The maximum atomic E-state index is 12.2. The average molecular weight is 416 g/mol. The largest absolute Gasteiger partial charge is 0.457 e. The van der Waals surface area contributed by atoms with Gasteiger partial charge >= 0.3 is 5.97 Å². The molecule has 0 aliphatic heterocycles. The summed E-state index contributed by atoms with van der Waals surface area (Å²) >= 11 is 1.55. The Morgan fingerprint density at radius 3 is 2.28 bits per heavy atom. The van der Waals surface area contributed by atoms with Crippen LogP contribution in [0.5, 0.6) is 0 Å². The number of amides is 1. The molecule has 1 aromatic carbocycles. The second kappa shape index (κ2) is 10.7. The molecule has 1 N–H and O–H groups in total. The zero-order valence-corrected chi connectivity index (χ0v) is 17.7. The number of thiophene rings is 1. The smallest absolute Gasteiger partial charge is 0.306 e. The summed E-state index contributed by atoms with van der Waals surface area (Å²) in [5, 5.41) is 2.71. The first kappa shape index (κ1) is 22.5. The third-order valence-corrected chi connectivity index (χ3v) is 5.29. The van der Waals surface area contributed by atoms with Crippen LogP contribution in [-0.2, 0) is 20.7 Å². The molecule has 1 amide bonds. The molecule has 7 heteroatoms. The summed E-state index contributed by atoms with van der Waals surface area (Å²) in [6.07, 6.45) is 0.676. The number of carbonyl (C=O) groups excluding carboxylic acids is 4. The number of benzene rings is 1. The van der Waals surface area contributed by atoms with Gasteiger partial charge in [0.05, 0.1) is 6.42 Å². The predicted molar refractivity (Wildman–Crippen MR) is 111 cm³/mol. The summed E-state index contributed by atoms with van der Waals surface area (Å²) in [4.78, 5) is 49.1. The van der Waals surface area contributed by atoms with Crippen LogP contribution >= 0.6 is 11.3 Å². The minimum Gasteiger partial charge on any atom is -0.457 e. The SMILES string of the molecule is CC(=O)NCCc1ccc(C(=O)COC(=O)CCC(=O)c2cc(C)sc2C)cc1. The van der Waals surface area contributed by atoms with Crippen LogP contribution in [0, 0.1) is 13.8 Å². The van der Waals surface area contributed by atoms with Crippen molar-refractivity contribution in [2.24, 2.45) is 0 Å². The first-order valence-corrected chi connectivity index (χ1v) is 10.2. The Hall–Kier alpha value is -2.80. The van der Waals surface area contributed by atoms with E-state index in [0.717, 1.165) is 15.3 Å². The summed E-state index contributed by atoms with van der Waals surface area (Å²) < 4.78 is 5.02. The van der Waals surface area contributed by atoms with Crippen molar-refractivity contribution in [1.82, 2.24) is 5.32 Å². The summed E-state index contributed by atoms with van der Waals surface area (Å²) in [6, 6.07) is 8.79. The predicted octanol–water partition coefficient (Wildman–Crippen LogP) is 3.43. The molecular weight excluding hydrogens is 390 g/mol. The number of nitrogens with one attached hydrogen (secondary N) is 1. The van der Waals surface area contributed by atoms with Gasteiger partial charge in [0, 0.05) is 40.8 Å². The van der Waals surface area contributed by atoms with Crippen LogP contribution in [0.4, 0.5) is 0 Å². The van der Waals surface area contributed by atoms with Gasteiger partial charge in [-0.3, -0.25) is 19.2 Å². The number of rotatable bonds is 10. The van der Waals surface area contributed by atoms with Crippen molar-refractivity contribution in [3.8, 4) is 0 Å². The van der Waals surface area contributed by atoms with Crippen LogP contribution in [-0.4, -0.2) is 36.6 Å². The van der Waals surface area contributed by atoms with E-state index in [4.69, 9.17) is 4.74 Å². The number of carbonyl (C=O) groups is 4. The van der Waals surface area contributed by atoms with Gasteiger partial charge in [-0.05, 0) is 31.9 Å². The minimum atomic E-state index is -0.566. The Kier molecular flexibility index (Phi) is 8.27. The summed E-state index contributed by atoms with van der Waals surface area (Å²) in [5.74, 6) is -1.04. The van der Waals surface area contributed by atoms with Crippen LogP contribution in [0.2, 0.25) is 0 Å². The minimum absolute atomic E-state index is 0.0530. The van der Waals surface area contributed by atoms with E-state index in [1.165, 1.54) is 6.92 Å². The highest BCUT2D eigenvalue weighted by Crippen LogP contribution is 2.22. The van der Waals surface area contributed by atoms with Crippen molar-refractivity contribution in [3.63, 3.8) is 0 Å². The Morgan fingerprint density at radius 1 is 1.00 bits per heavy atom. The third kappa shape index (κ3) is 7.27. The lowest BCUT2D eigenvalue weighted by Crippen LogP contribution is -2.22. The molecular formula is C22H25NO5S. The van der Waals surface area contributed by atoms with Gasteiger partial charge in [-0.15, -0.1) is 11.3 Å². The van der Waals surface area contributed by atoms with Crippen LogP contribution in [0.1, 0.15) is 55.8 Å². The second-order valence-corrected chi connectivity index (χ2v) is 8.22. The van der Waals surface area contributed by atoms with E-state index in [0.29, 0.717) is 24.1 Å². The van der Waals surface area contributed by atoms with E-state index in [1.54, 1.807) is 35.6 Å². The van der Waals surface area contributed by atoms with Crippen molar-refractivity contribution < 1.29 is 23.9 Å². The van der Waals surface area contributed by atoms with Crippen molar-refractivity contribution in [2.75, 3.05) is 13.2 Å². The fourth-order valence-corrected chi connectivity index (χ4v) is 3.74. The van der Waals surface area contributed by atoms with E-state index in [-0.39, 0.29) is 36.9 Å². The lowest BCUT2D eigenvalue weighted by atomic mass is 10.1. The van der Waals surface area contributed by atoms with Gasteiger partial charge in [-0.25, -0.2) is 0 Å². The number of ketones is 2. The third-order valence-electron chi connectivity index (χ3n) is 4.33. The number of Topliss-reactive ketones (excluding diaryl/α,β-unsaturated/α-hetero) is 2. The molecule has 0 unspecified atom stereocenters. The summed E-state index contributed by atoms with van der Waals surface area (Å²) in [5.41, 5.74) is 2.08. The number of ether oxygens (including phenoxy) is 1. The van der Waals surface area contributed by atoms with Crippen LogP contribution < -0.4 is 5.32 Å². The van der Waals surface area contributed by atoms with Crippen LogP contribution in [0.3, 0.4) is 0 Å². The summed E-state index contributed by atoms with van der Waals surface area (Å²) in [7, 11) is 0. The fraction of sp³-hybridized carbons (Fsp3) is 0.364. The molecule has 0 atom stereocenters. The van der Waals surface area contributed by atoms with Crippen LogP contribution in [0.15, 0.2) is 30.3 Å². The van der Waals surface area contributed by atoms with Gasteiger partial charge in [0.25, 0.3) is 0 Å². The van der Waals surface area contributed by atoms with Crippen molar-refractivity contribution in [1.29, 1.82) is 0 Å². The molecule has 2 rings (SSSR count). The van der Waals surface area contributed by atoms with Gasteiger partial charge in [0.15, 0.2) is 18.2 Å². The van der Waals surface area contributed by atoms with Crippen molar-refractivity contribution >= 4 is 34.8 Å². The Labute approximate surface area is 174 Å². The first-order chi connectivity index (χ1) is 13.8. The second-order valence-electron chi connectivity index (χ2n) is 6.76. The van der Waals surface area contributed by atoms with E-state index >= 15 is 0 Å². The van der Waals surface area contributed by atoms with Crippen molar-refractivity contribution in [3.05, 3.63) is 56.8 Å². The Balaban J connectivity index is 1.75. The molecule has 29 heavy (non-hydrogen) atoms. The van der Waals surface area contributed by atoms with Crippen LogP contribution in [0.25, 0.3) is 0 Å². The first-order valence-electron chi connectivity index (χ1n) is 9.38. The fourth-order valence-electron chi connectivity index (χ4n) is 2.80. The molecule has 6 nitrogen and oxygen atoms in total. The van der Waals surface area contributed by atoms with E-state index < -0.39 is 5.97 Å². The lowest BCUT2D eigenvalue weighted by Gasteiger charge is -2.06. The molecule has 0 bridgehead atoms. The Bertz CT molecular complexity index is 898. The van der Waals surface area contributed by atoms with Gasteiger partial charge in [-0.2, -0.15) is 0 Å². The van der Waals surface area contributed by atoms with Gasteiger partial charge < -0.3 is 10.1 Å².